The van der Waals surface area contributed by atoms with E-state index in [9.17, 15) is 0 Å². The molecule has 0 bridgehead atoms. The second kappa shape index (κ2) is 6.85. The second-order valence-corrected chi connectivity index (χ2v) is 7.14. The molecule has 1 aromatic heterocycles. The minimum atomic E-state index is 0.221. The summed E-state index contributed by atoms with van der Waals surface area (Å²) in [6.45, 7) is 1.80. The summed E-state index contributed by atoms with van der Waals surface area (Å²) in [6, 6.07) is 12.5. The number of nitrogens with one attached hydrogen (secondary N) is 1. The van der Waals surface area contributed by atoms with Gasteiger partial charge in [0.25, 0.3) is 0 Å². The van der Waals surface area contributed by atoms with Gasteiger partial charge in [0.05, 0.1) is 11.0 Å². The van der Waals surface area contributed by atoms with Crippen LogP contribution in [0.3, 0.4) is 0 Å². The summed E-state index contributed by atoms with van der Waals surface area (Å²) in [4.78, 5) is 12.2. The largest absolute Gasteiger partial charge is 0.374 e. The first kappa shape index (κ1) is 15.5. The Morgan fingerprint density at radius 2 is 1.92 bits per heavy atom. The van der Waals surface area contributed by atoms with Crippen LogP contribution < -0.4 is 10.2 Å². The van der Waals surface area contributed by atoms with Crippen LogP contribution in [0.5, 0.6) is 0 Å². The SMILES string of the molecule is S=C(NCc1ccccc1)[C@@H]1[C@H]2CCC[C@H]2CN1c1ncccn1. The van der Waals surface area contributed by atoms with Crippen molar-refractivity contribution in [1.29, 1.82) is 0 Å². The average molecular weight is 338 g/mol. The molecule has 0 unspecified atom stereocenters. The van der Waals surface area contributed by atoms with E-state index in [-0.39, 0.29) is 6.04 Å². The third-order valence-electron chi connectivity index (χ3n) is 5.28. The van der Waals surface area contributed by atoms with Crippen molar-refractivity contribution in [2.45, 2.75) is 31.8 Å². The summed E-state index contributed by atoms with van der Waals surface area (Å²) in [6.07, 6.45) is 7.50. The van der Waals surface area contributed by atoms with Crippen molar-refractivity contribution in [3.05, 3.63) is 54.4 Å². The molecule has 2 fully saturated rings. The van der Waals surface area contributed by atoms with Crippen LogP contribution in [0.2, 0.25) is 0 Å². The molecule has 0 amide bonds. The number of rotatable bonds is 4. The van der Waals surface area contributed by atoms with Gasteiger partial charge in [-0.25, -0.2) is 9.97 Å². The zero-order valence-electron chi connectivity index (χ0n) is 13.6. The number of anilines is 1. The Morgan fingerprint density at radius 1 is 1.12 bits per heavy atom. The van der Waals surface area contributed by atoms with Crippen molar-refractivity contribution in [2.24, 2.45) is 11.8 Å². The highest BCUT2D eigenvalue weighted by atomic mass is 32.1. The lowest BCUT2D eigenvalue weighted by atomic mass is 9.94. The summed E-state index contributed by atoms with van der Waals surface area (Å²) in [7, 11) is 0. The summed E-state index contributed by atoms with van der Waals surface area (Å²) in [5.74, 6) is 2.15. The normalized spacial score (nSPS) is 25.5. The molecule has 3 atom stereocenters. The molecule has 4 nitrogen and oxygen atoms in total. The van der Waals surface area contributed by atoms with Crippen molar-refractivity contribution >= 4 is 23.2 Å². The third kappa shape index (κ3) is 3.00. The number of hydrogen-bond donors (Lipinski definition) is 1. The molecule has 2 aliphatic rings. The van der Waals surface area contributed by atoms with Gasteiger partial charge < -0.3 is 10.2 Å². The molecule has 1 aromatic carbocycles. The Bertz CT molecular complexity index is 691. The van der Waals surface area contributed by atoms with E-state index in [1.807, 2.05) is 24.5 Å². The molecule has 4 rings (SSSR count). The first-order valence-corrected chi connectivity index (χ1v) is 9.09. The fourth-order valence-electron chi connectivity index (χ4n) is 4.18. The fraction of sp³-hybridized carbons (Fsp3) is 0.421. The van der Waals surface area contributed by atoms with E-state index in [0.29, 0.717) is 5.92 Å². The van der Waals surface area contributed by atoms with E-state index in [0.717, 1.165) is 29.9 Å². The molecule has 1 saturated heterocycles. The minimum absolute atomic E-state index is 0.221. The molecule has 5 heteroatoms. The maximum absolute atomic E-state index is 5.81. The molecule has 2 aromatic rings. The van der Waals surface area contributed by atoms with Gasteiger partial charge in [-0.3, -0.25) is 0 Å². The lowest BCUT2D eigenvalue weighted by Gasteiger charge is -2.29. The van der Waals surface area contributed by atoms with Gasteiger partial charge in [-0.1, -0.05) is 49.0 Å². The fourth-order valence-corrected chi connectivity index (χ4v) is 4.55. The zero-order chi connectivity index (χ0) is 16.4. The molecule has 0 radical (unpaired) electrons. The molecule has 1 aliphatic heterocycles. The van der Waals surface area contributed by atoms with E-state index >= 15 is 0 Å². The van der Waals surface area contributed by atoms with Crippen LogP contribution in [0.4, 0.5) is 5.95 Å². The predicted octanol–water partition coefficient (Wildman–Crippen LogP) is 3.20. The number of benzene rings is 1. The van der Waals surface area contributed by atoms with Crippen LogP contribution in [0, 0.1) is 11.8 Å². The monoisotopic (exact) mass is 338 g/mol. The Balaban J connectivity index is 1.52. The van der Waals surface area contributed by atoms with E-state index < -0.39 is 0 Å². The molecule has 0 spiro atoms. The first-order chi connectivity index (χ1) is 11.8. The summed E-state index contributed by atoms with van der Waals surface area (Å²) in [5, 5.41) is 3.49. The van der Waals surface area contributed by atoms with E-state index in [1.165, 1.54) is 24.8 Å². The van der Waals surface area contributed by atoms with Crippen LogP contribution in [0.1, 0.15) is 24.8 Å². The van der Waals surface area contributed by atoms with Crippen molar-refractivity contribution in [2.75, 3.05) is 11.4 Å². The topological polar surface area (TPSA) is 41.0 Å². The lowest BCUT2D eigenvalue weighted by molar-refractivity contribution is 0.467. The molecule has 1 aliphatic carbocycles. The van der Waals surface area contributed by atoms with Crippen LogP contribution >= 0.6 is 12.2 Å². The lowest BCUT2D eigenvalue weighted by Crippen LogP contribution is -2.45. The van der Waals surface area contributed by atoms with Gasteiger partial charge >= 0.3 is 0 Å². The van der Waals surface area contributed by atoms with E-state index in [1.54, 1.807) is 0 Å². The maximum atomic E-state index is 5.81. The standard InChI is InChI=1S/C19H22N4S/c24-18(22-12-14-6-2-1-3-7-14)17-16-9-4-8-15(16)13-23(17)19-20-10-5-11-21-19/h1-3,5-7,10-11,15-17H,4,8-9,12-13H2,(H,22,24)/t15-,16-,17-/m0/s1. The van der Waals surface area contributed by atoms with E-state index in [4.69, 9.17) is 12.2 Å². The van der Waals surface area contributed by atoms with Crippen molar-refractivity contribution in [3.8, 4) is 0 Å². The first-order valence-electron chi connectivity index (χ1n) is 8.68. The Kier molecular flexibility index (Phi) is 4.43. The molecular formula is C19H22N4S. The number of aromatic nitrogens is 2. The van der Waals surface area contributed by atoms with Crippen LogP contribution in [0.15, 0.2) is 48.8 Å². The van der Waals surface area contributed by atoms with Gasteiger partial charge in [0.1, 0.15) is 0 Å². The van der Waals surface area contributed by atoms with Gasteiger partial charge in [0.15, 0.2) is 0 Å². The van der Waals surface area contributed by atoms with Gasteiger partial charge in [0, 0.05) is 25.5 Å². The zero-order valence-corrected chi connectivity index (χ0v) is 14.5. The van der Waals surface area contributed by atoms with Gasteiger partial charge in [-0.15, -0.1) is 0 Å². The van der Waals surface area contributed by atoms with Crippen molar-refractivity contribution < 1.29 is 0 Å². The van der Waals surface area contributed by atoms with Crippen LogP contribution in [0.25, 0.3) is 0 Å². The second-order valence-electron chi connectivity index (χ2n) is 6.70. The number of thiocarbonyl (C=S) groups is 1. The summed E-state index contributed by atoms with van der Waals surface area (Å²) < 4.78 is 0. The van der Waals surface area contributed by atoms with E-state index in [2.05, 4.69) is 44.5 Å². The molecule has 1 saturated carbocycles. The quantitative estimate of drug-likeness (QED) is 0.867. The highest BCUT2D eigenvalue weighted by molar-refractivity contribution is 7.80. The number of fused-ring (bicyclic) bond motifs is 1. The highest BCUT2D eigenvalue weighted by Crippen LogP contribution is 2.43. The Hall–Kier alpha value is -2.01. The number of nitrogens with zero attached hydrogens (tertiary/aromatic N) is 3. The number of hydrogen-bond acceptors (Lipinski definition) is 4. The Morgan fingerprint density at radius 3 is 2.71 bits per heavy atom. The molecule has 1 N–H and O–H groups in total. The van der Waals surface area contributed by atoms with Gasteiger partial charge in [-0.2, -0.15) is 0 Å². The molecular weight excluding hydrogens is 316 g/mol. The van der Waals surface area contributed by atoms with Crippen molar-refractivity contribution in [1.82, 2.24) is 15.3 Å². The van der Waals surface area contributed by atoms with Crippen molar-refractivity contribution in [3.63, 3.8) is 0 Å². The van der Waals surface area contributed by atoms with Crippen LogP contribution in [-0.4, -0.2) is 27.5 Å². The molecule has 24 heavy (non-hydrogen) atoms. The highest BCUT2D eigenvalue weighted by Gasteiger charge is 2.46. The average Bonchev–Trinajstić information content (AvgIpc) is 3.22. The summed E-state index contributed by atoms with van der Waals surface area (Å²) >= 11 is 5.81. The van der Waals surface area contributed by atoms with Gasteiger partial charge in [0.2, 0.25) is 5.95 Å². The Labute approximate surface area is 148 Å². The predicted molar refractivity (Wildman–Crippen MR) is 99.9 cm³/mol. The third-order valence-corrected chi connectivity index (χ3v) is 5.66. The maximum Gasteiger partial charge on any atom is 0.225 e. The molecule has 2 heterocycles. The summed E-state index contributed by atoms with van der Waals surface area (Å²) in [5.41, 5.74) is 1.25. The smallest absolute Gasteiger partial charge is 0.225 e. The van der Waals surface area contributed by atoms with Crippen LogP contribution in [-0.2, 0) is 6.54 Å². The van der Waals surface area contributed by atoms with Gasteiger partial charge in [-0.05, 0) is 36.3 Å². The molecule has 124 valence electrons. The minimum Gasteiger partial charge on any atom is -0.374 e.